The fraction of sp³-hybridized carbons (Fsp3) is 0.586. The van der Waals surface area contributed by atoms with E-state index in [0.717, 1.165) is 68.8 Å². The number of carbonyl (C=O) groups is 2. The second-order valence-electron chi connectivity index (χ2n) is 10.8. The van der Waals surface area contributed by atoms with Crippen molar-refractivity contribution in [2.45, 2.75) is 83.3 Å². The summed E-state index contributed by atoms with van der Waals surface area (Å²) in [6.45, 7) is 5.34. The number of hydrogen-bond donors (Lipinski definition) is 2. The van der Waals surface area contributed by atoms with E-state index in [1.54, 1.807) is 7.05 Å². The highest BCUT2D eigenvalue weighted by atomic mass is 16.2. The molecule has 0 bridgehead atoms. The van der Waals surface area contributed by atoms with Gasteiger partial charge < -0.3 is 20.4 Å². The van der Waals surface area contributed by atoms with E-state index < -0.39 is 6.04 Å². The third-order valence-electron chi connectivity index (χ3n) is 8.40. The lowest BCUT2D eigenvalue weighted by Gasteiger charge is -2.35. The van der Waals surface area contributed by atoms with Crippen molar-refractivity contribution < 1.29 is 9.59 Å². The molecule has 3 atom stereocenters. The lowest BCUT2D eigenvalue weighted by molar-refractivity contribution is -0.139. The fourth-order valence-corrected chi connectivity index (χ4v) is 6.23. The Morgan fingerprint density at radius 1 is 1.03 bits per heavy atom. The van der Waals surface area contributed by atoms with E-state index >= 15 is 0 Å². The van der Waals surface area contributed by atoms with Crippen LogP contribution in [0.25, 0.3) is 0 Å². The van der Waals surface area contributed by atoms with Crippen LogP contribution in [0.5, 0.6) is 0 Å². The molecule has 3 aliphatic rings. The highest BCUT2D eigenvalue weighted by molar-refractivity contribution is 5.90. The molecule has 8 nitrogen and oxygen atoms in total. The second kappa shape index (κ2) is 11.2. The van der Waals surface area contributed by atoms with Crippen LogP contribution in [0.2, 0.25) is 0 Å². The van der Waals surface area contributed by atoms with Gasteiger partial charge in [0, 0.05) is 24.8 Å². The van der Waals surface area contributed by atoms with E-state index in [2.05, 4.69) is 45.9 Å². The lowest BCUT2D eigenvalue weighted by atomic mass is 9.83. The number of nitrogens with one attached hydrogen (secondary N) is 2. The number of amides is 2. The quantitative estimate of drug-likeness (QED) is 0.596. The maximum atomic E-state index is 14.1. The van der Waals surface area contributed by atoms with Gasteiger partial charge in [-0.05, 0) is 70.5 Å². The first-order valence-electron chi connectivity index (χ1n) is 14.0. The van der Waals surface area contributed by atoms with Gasteiger partial charge >= 0.3 is 0 Å². The van der Waals surface area contributed by atoms with Crippen LogP contribution in [-0.2, 0) is 16.0 Å². The molecule has 1 saturated carbocycles. The van der Waals surface area contributed by atoms with Gasteiger partial charge in [0.05, 0.1) is 17.8 Å². The second-order valence-corrected chi connectivity index (χ2v) is 10.8. The Bertz CT molecular complexity index is 1130. The summed E-state index contributed by atoms with van der Waals surface area (Å²) in [5, 5.41) is 6.13. The molecule has 3 heterocycles. The first-order valence-corrected chi connectivity index (χ1v) is 14.0. The van der Waals surface area contributed by atoms with Gasteiger partial charge in [-0.15, -0.1) is 0 Å². The summed E-state index contributed by atoms with van der Waals surface area (Å²) in [6, 6.07) is 9.61. The van der Waals surface area contributed by atoms with Crippen LogP contribution in [0.4, 0.5) is 11.5 Å². The first kappa shape index (κ1) is 25.6. The van der Waals surface area contributed by atoms with Gasteiger partial charge in [-0.25, -0.2) is 9.97 Å². The molecule has 198 valence electrons. The van der Waals surface area contributed by atoms with Crippen LogP contribution in [0.15, 0.2) is 30.3 Å². The molecule has 2 aliphatic heterocycles. The number of para-hydroxylation sites is 1. The summed E-state index contributed by atoms with van der Waals surface area (Å²) in [6.07, 6.45) is 8.18. The van der Waals surface area contributed by atoms with Crippen molar-refractivity contribution in [1.29, 1.82) is 0 Å². The highest BCUT2D eigenvalue weighted by Crippen LogP contribution is 2.38. The summed E-state index contributed by atoms with van der Waals surface area (Å²) in [4.78, 5) is 40.8. The predicted octanol–water partition coefficient (Wildman–Crippen LogP) is 3.82. The molecule has 0 spiro atoms. The average molecular weight is 505 g/mol. The van der Waals surface area contributed by atoms with Crippen molar-refractivity contribution in [3.8, 4) is 0 Å². The summed E-state index contributed by atoms with van der Waals surface area (Å²) in [5.41, 5.74) is 3.43. The predicted molar refractivity (Wildman–Crippen MR) is 145 cm³/mol. The van der Waals surface area contributed by atoms with Gasteiger partial charge in [-0.3, -0.25) is 9.59 Å². The number of fused-ring (bicyclic) bond motifs is 1. The van der Waals surface area contributed by atoms with Gasteiger partial charge in [0.15, 0.2) is 0 Å². The minimum absolute atomic E-state index is 0.0374. The summed E-state index contributed by atoms with van der Waals surface area (Å²) in [7, 11) is 1.77. The van der Waals surface area contributed by atoms with Crippen molar-refractivity contribution in [3.63, 3.8) is 0 Å². The maximum absolute atomic E-state index is 14.1. The van der Waals surface area contributed by atoms with Crippen LogP contribution in [0, 0.1) is 12.8 Å². The van der Waals surface area contributed by atoms with Gasteiger partial charge in [0.25, 0.3) is 0 Å². The minimum atomic E-state index is -0.489. The third kappa shape index (κ3) is 5.35. The Balaban J connectivity index is 1.41. The number of nitrogens with zero attached hydrogens (tertiary/aromatic N) is 4. The van der Waals surface area contributed by atoms with Crippen molar-refractivity contribution in [3.05, 3.63) is 47.4 Å². The first-order chi connectivity index (χ1) is 18.0. The fourth-order valence-electron chi connectivity index (χ4n) is 6.23. The van der Waals surface area contributed by atoms with E-state index in [1.165, 1.54) is 17.7 Å². The zero-order valence-electron chi connectivity index (χ0n) is 22.4. The zero-order chi connectivity index (χ0) is 25.9. The Kier molecular flexibility index (Phi) is 7.74. The molecular formula is C29H40N6O2. The average Bonchev–Trinajstić information content (AvgIpc) is 3.59. The van der Waals surface area contributed by atoms with E-state index in [9.17, 15) is 9.59 Å². The van der Waals surface area contributed by atoms with Gasteiger partial charge in [0.1, 0.15) is 17.7 Å². The van der Waals surface area contributed by atoms with E-state index in [-0.39, 0.29) is 29.8 Å². The molecule has 37 heavy (non-hydrogen) atoms. The molecule has 2 aromatic rings. The Hall–Kier alpha value is -3.00. The Morgan fingerprint density at radius 2 is 1.81 bits per heavy atom. The number of carbonyl (C=O) groups excluding carboxylic acids is 2. The number of aryl methyl sites for hydroxylation is 1. The number of likely N-dealkylation sites (tertiary alicyclic amines) is 1. The van der Waals surface area contributed by atoms with Gasteiger partial charge in [0.2, 0.25) is 11.8 Å². The summed E-state index contributed by atoms with van der Waals surface area (Å²) >= 11 is 0. The number of hydrogen-bond acceptors (Lipinski definition) is 6. The lowest BCUT2D eigenvalue weighted by Crippen LogP contribution is -2.55. The normalized spacial score (nSPS) is 21.5. The smallest absolute Gasteiger partial charge is 0.246 e. The van der Waals surface area contributed by atoms with E-state index in [4.69, 9.17) is 9.97 Å². The number of aromatic nitrogens is 2. The molecule has 1 saturated heterocycles. The zero-order valence-corrected chi connectivity index (χ0v) is 22.4. The summed E-state index contributed by atoms with van der Waals surface area (Å²) in [5.74, 6) is 1.72. The molecular weight excluding hydrogens is 464 g/mol. The monoisotopic (exact) mass is 504 g/mol. The third-order valence-corrected chi connectivity index (χ3v) is 8.40. The highest BCUT2D eigenvalue weighted by Gasteiger charge is 2.40. The van der Waals surface area contributed by atoms with Crippen LogP contribution < -0.4 is 15.5 Å². The molecule has 3 unspecified atom stereocenters. The molecule has 8 heteroatoms. The SMILES string of the molecule is CNC(C)C(=O)NC(C(=O)N1CCCC1c1cc(N2CCc3ccccc32)nc(C)n1)C1CCCCC1. The number of anilines is 2. The van der Waals surface area contributed by atoms with Crippen molar-refractivity contribution in [2.75, 3.05) is 25.0 Å². The molecule has 1 aromatic heterocycles. The maximum Gasteiger partial charge on any atom is 0.246 e. The van der Waals surface area contributed by atoms with Crippen LogP contribution in [0.1, 0.15) is 75.0 Å². The number of benzene rings is 1. The molecule has 1 aliphatic carbocycles. The molecule has 5 rings (SSSR count). The topological polar surface area (TPSA) is 90.5 Å². The van der Waals surface area contributed by atoms with Gasteiger partial charge in [-0.2, -0.15) is 0 Å². The van der Waals surface area contributed by atoms with Crippen LogP contribution in [0.3, 0.4) is 0 Å². The number of likely N-dealkylation sites (N-methyl/N-ethyl adjacent to an activating group) is 1. The van der Waals surface area contributed by atoms with Crippen molar-refractivity contribution in [1.82, 2.24) is 25.5 Å². The van der Waals surface area contributed by atoms with Crippen LogP contribution in [-0.4, -0.2) is 58.9 Å². The van der Waals surface area contributed by atoms with Crippen molar-refractivity contribution in [2.24, 2.45) is 5.92 Å². The standard InChI is InChI=1S/C29H40N6O2/c1-19(30-3)28(36)33-27(22-11-5-4-6-12-22)29(37)35-16-9-14-25(35)23-18-26(32-20(2)31-23)34-17-15-21-10-7-8-13-24(21)34/h7-8,10,13,18-19,22,25,27,30H,4-6,9,11-12,14-17H2,1-3H3,(H,33,36). The molecule has 2 fully saturated rings. The van der Waals surface area contributed by atoms with E-state index in [1.807, 2.05) is 18.7 Å². The largest absolute Gasteiger partial charge is 0.343 e. The molecule has 1 aromatic carbocycles. The van der Waals surface area contributed by atoms with E-state index in [0.29, 0.717) is 6.54 Å². The van der Waals surface area contributed by atoms with Crippen LogP contribution >= 0.6 is 0 Å². The van der Waals surface area contributed by atoms with Crippen molar-refractivity contribution >= 4 is 23.3 Å². The molecule has 2 N–H and O–H groups in total. The number of rotatable bonds is 7. The minimum Gasteiger partial charge on any atom is -0.343 e. The Labute approximate surface area is 220 Å². The summed E-state index contributed by atoms with van der Waals surface area (Å²) < 4.78 is 0. The molecule has 2 amide bonds. The van der Waals surface area contributed by atoms with Gasteiger partial charge in [-0.1, -0.05) is 37.5 Å². The Morgan fingerprint density at radius 3 is 2.59 bits per heavy atom. The molecule has 0 radical (unpaired) electrons.